The minimum Gasteiger partial charge on any atom is -0.395 e. The second kappa shape index (κ2) is 6.40. The van der Waals surface area contributed by atoms with Gasteiger partial charge in [0.05, 0.1) is 13.2 Å². The van der Waals surface area contributed by atoms with Crippen LogP contribution in [0.2, 0.25) is 0 Å². The molecule has 0 aromatic rings. The summed E-state index contributed by atoms with van der Waals surface area (Å²) in [4.78, 5) is 24.4. The Morgan fingerprint density at radius 3 is 2.93 bits per heavy atom. The van der Waals surface area contributed by atoms with Gasteiger partial charge in [0.15, 0.2) is 0 Å². The zero-order valence-corrected chi connectivity index (χ0v) is 8.87. The molecule has 1 aliphatic rings. The van der Waals surface area contributed by atoms with Crippen LogP contribution in [-0.4, -0.2) is 48.1 Å². The van der Waals surface area contributed by atoms with Gasteiger partial charge in [-0.3, -0.25) is 9.59 Å². The SMILES string of the molecule is O=C(CN1CCCCCC1=O)NCCO. The van der Waals surface area contributed by atoms with Crippen molar-refractivity contribution in [2.75, 3.05) is 26.2 Å². The van der Waals surface area contributed by atoms with E-state index in [-0.39, 0.29) is 31.5 Å². The number of aliphatic hydroxyl groups is 1. The monoisotopic (exact) mass is 214 g/mol. The van der Waals surface area contributed by atoms with Gasteiger partial charge in [0.25, 0.3) is 0 Å². The van der Waals surface area contributed by atoms with Crippen LogP contribution >= 0.6 is 0 Å². The summed E-state index contributed by atoms with van der Waals surface area (Å²) in [5.41, 5.74) is 0. The lowest BCUT2D eigenvalue weighted by atomic mass is 10.2. The number of hydrogen-bond donors (Lipinski definition) is 2. The van der Waals surface area contributed by atoms with Gasteiger partial charge in [-0.2, -0.15) is 0 Å². The van der Waals surface area contributed by atoms with E-state index in [1.165, 1.54) is 0 Å². The zero-order valence-electron chi connectivity index (χ0n) is 8.87. The summed E-state index contributed by atoms with van der Waals surface area (Å²) in [5.74, 6) is -0.133. The normalized spacial score (nSPS) is 17.4. The molecule has 2 amide bonds. The molecule has 1 aliphatic heterocycles. The lowest BCUT2D eigenvalue weighted by Gasteiger charge is -2.19. The molecule has 0 radical (unpaired) electrons. The number of carbonyl (C=O) groups excluding carboxylic acids is 2. The summed E-state index contributed by atoms with van der Waals surface area (Å²) >= 11 is 0. The largest absolute Gasteiger partial charge is 0.395 e. The highest BCUT2D eigenvalue weighted by Crippen LogP contribution is 2.10. The van der Waals surface area contributed by atoms with Crippen molar-refractivity contribution in [2.45, 2.75) is 25.7 Å². The maximum Gasteiger partial charge on any atom is 0.239 e. The quantitative estimate of drug-likeness (QED) is 0.662. The van der Waals surface area contributed by atoms with Gasteiger partial charge in [-0.1, -0.05) is 6.42 Å². The number of carbonyl (C=O) groups is 2. The van der Waals surface area contributed by atoms with Gasteiger partial charge in [-0.05, 0) is 12.8 Å². The minimum atomic E-state index is -0.195. The van der Waals surface area contributed by atoms with Crippen LogP contribution in [0.4, 0.5) is 0 Å². The second-order valence-corrected chi connectivity index (χ2v) is 3.70. The van der Waals surface area contributed by atoms with Crippen molar-refractivity contribution in [3.8, 4) is 0 Å². The van der Waals surface area contributed by atoms with Crippen molar-refractivity contribution < 1.29 is 14.7 Å². The molecule has 15 heavy (non-hydrogen) atoms. The van der Waals surface area contributed by atoms with Crippen molar-refractivity contribution in [3.63, 3.8) is 0 Å². The summed E-state index contributed by atoms with van der Waals surface area (Å²) in [5, 5.41) is 11.1. The van der Waals surface area contributed by atoms with E-state index in [0.717, 1.165) is 19.3 Å². The average Bonchev–Trinajstić information content (AvgIpc) is 2.42. The first kappa shape index (κ1) is 12.0. The third-order valence-corrected chi connectivity index (χ3v) is 2.44. The van der Waals surface area contributed by atoms with Crippen molar-refractivity contribution >= 4 is 11.8 Å². The molecule has 1 saturated heterocycles. The minimum absolute atomic E-state index is 0.0617. The van der Waals surface area contributed by atoms with Crippen LogP contribution in [0.25, 0.3) is 0 Å². The van der Waals surface area contributed by atoms with Crippen LogP contribution in [0, 0.1) is 0 Å². The maximum absolute atomic E-state index is 11.5. The Kier molecular flexibility index (Phi) is 5.10. The van der Waals surface area contributed by atoms with Crippen LogP contribution in [0.1, 0.15) is 25.7 Å². The lowest BCUT2D eigenvalue weighted by Crippen LogP contribution is -2.41. The van der Waals surface area contributed by atoms with Crippen LogP contribution in [-0.2, 0) is 9.59 Å². The third kappa shape index (κ3) is 4.29. The highest BCUT2D eigenvalue weighted by Gasteiger charge is 2.18. The molecule has 5 heteroatoms. The van der Waals surface area contributed by atoms with Crippen LogP contribution < -0.4 is 5.32 Å². The van der Waals surface area contributed by atoms with Gasteiger partial charge in [0.1, 0.15) is 0 Å². The Hall–Kier alpha value is -1.10. The fraction of sp³-hybridized carbons (Fsp3) is 0.800. The standard InChI is InChI=1S/C10H18N2O3/c13-7-5-11-9(14)8-12-6-3-1-2-4-10(12)15/h13H,1-8H2,(H,11,14). The number of aliphatic hydroxyl groups excluding tert-OH is 1. The zero-order chi connectivity index (χ0) is 11.1. The first-order chi connectivity index (χ1) is 7.24. The highest BCUT2D eigenvalue weighted by molar-refractivity contribution is 5.84. The van der Waals surface area contributed by atoms with E-state index in [1.807, 2.05) is 0 Å². The molecule has 86 valence electrons. The maximum atomic E-state index is 11.5. The molecule has 0 saturated carbocycles. The van der Waals surface area contributed by atoms with Crippen molar-refractivity contribution in [2.24, 2.45) is 0 Å². The fourth-order valence-electron chi connectivity index (χ4n) is 1.63. The summed E-state index contributed by atoms with van der Waals surface area (Å²) in [6.07, 6.45) is 3.50. The molecule has 1 fully saturated rings. The van der Waals surface area contributed by atoms with E-state index in [1.54, 1.807) is 4.90 Å². The molecule has 2 N–H and O–H groups in total. The Morgan fingerprint density at radius 2 is 2.20 bits per heavy atom. The summed E-state index contributed by atoms with van der Waals surface area (Å²) in [7, 11) is 0. The number of nitrogens with one attached hydrogen (secondary N) is 1. The molecule has 0 aromatic heterocycles. The van der Waals surface area contributed by atoms with Gasteiger partial charge in [-0.15, -0.1) is 0 Å². The molecular formula is C10H18N2O3. The number of nitrogens with zero attached hydrogens (tertiary/aromatic N) is 1. The molecular weight excluding hydrogens is 196 g/mol. The van der Waals surface area contributed by atoms with Crippen LogP contribution in [0.15, 0.2) is 0 Å². The molecule has 1 rings (SSSR count). The van der Waals surface area contributed by atoms with Crippen molar-refractivity contribution in [3.05, 3.63) is 0 Å². The topological polar surface area (TPSA) is 69.6 Å². The summed E-state index contributed by atoms with van der Waals surface area (Å²) in [6.45, 7) is 0.977. The summed E-state index contributed by atoms with van der Waals surface area (Å²) in [6, 6.07) is 0. The second-order valence-electron chi connectivity index (χ2n) is 3.70. The predicted molar refractivity (Wildman–Crippen MR) is 55.1 cm³/mol. The Labute approximate surface area is 89.4 Å². The van der Waals surface area contributed by atoms with Crippen molar-refractivity contribution in [1.29, 1.82) is 0 Å². The van der Waals surface area contributed by atoms with E-state index < -0.39 is 0 Å². The van der Waals surface area contributed by atoms with E-state index >= 15 is 0 Å². The first-order valence-electron chi connectivity index (χ1n) is 5.39. The number of amides is 2. The van der Waals surface area contributed by atoms with Gasteiger partial charge >= 0.3 is 0 Å². The smallest absolute Gasteiger partial charge is 0.239 e. The van der Waals surface area contributed by atoms with E-state index in [0.29, 0.717) is 13.0 Å². The molecule has 0 bridgehead atoms. The van der Waals surface area contributed by atoms with Gasteiger partial charge in [-0.25, -0.2) is 0 Å². The van der Waals surface area contributed by atoms with Gasteiger partial charge in [0, 0.05) is 19.5 Å². The Morgan fingerprint density at radius 1 is 1.40 bits per heavy atom. The first-order valence-corrected chi connectivity index (χ1v) is 5.39. The molecule has 5 nitrogen and oxygen atoms in total. The van der Waals surface area contributed by atoms with Gasteiger partial charge in [0.2, 0.25) is 11.8 Å². The Balaban J connectivity index is 2.34. The van der Waals surface area contributed by atoms with Gasteiger partial charge < -0.3 is 15.3 Å². The number of likely N-dealkylation sites (tertiary alicyclic amines) is 1. The van der Waals surface area contributed by atoms with E-state index in [4.69, 9.17) is 5.11 Å². The molecule has 0 aliphatic carbocycles. The number of rotatable bonds is 4. The average molecular weight is 214 g/mol. The Bertz CT molecular complexity index is 231. The molecule has 1 heterocycles. The molecule has 0 unspecified atom stereocenters. The lowest BCUT2D eigenvalue weighted by molar-refractivity contribution is -0.135. The van der Waals surface area contributed by atoms with Crippen LogP contribution in [0.3, 0.4) is 0 Å². The molecule has 0 spiro atoms. The van der Waals surface area contributed by atoms with Crippen molar-refractivity contribution in [1.82, 2.24) is 10.2 Å². The highest BCUT2D eigenvalue weighted by atomic mass is 16.3. The predicted octanol–water partition coefficient (Wildman–Crippen LogP) is -0.502. The third-order valence-electron chi connectivity index (χ3n) is 2.44. The number of hydrogen-bond acceptors (Lipinski definition) is 3. The van der Waals surface area contributed by atoms with E-state index in [2.05, 4.69) is 5.32 Å². The fourth-order valence-corrected chi connectivity index (χ4v) is 1.63. The van der Waals surface area contributed by atoms with Crippen LogP contribution in [0.5, 0.6) is 0 Å². The van der Waals surface area contributed by atoms with E-state index in [9.17, 15) is 9.59 Å². The summed E-state index contributed by atoms with van der Waals surface area (Å²) < 4.78 is 0. The molecule has 0 atom stereocenters. The molecule has 0 aromatic carbocycles.